The molecule has 164 valence electrons. The zero-order valence-corrected chi connectivity index (χ0v) is 18.9. The second-order valence-electron chi connectivity index (χ2n) is 8.14. The van der Waals surface area contributed by atoms with Crippen molar-refractivity contribution in [3.63, 3.8) is 0 Å². The molecule has 0 spiro atoms. The van der Waals surface area contributed by atoms with Gasteiger partial charge >= 0.3 is 0 Å². The zero-order chi connectivity index (χ0) is 20.7. The molecule has 0 fully saturated rings. The van der Waals surface area contributed by atoms with Crippen LogP contribution in [-0.2, 0) is 9.59 Å². The van der Waals surface area contributed by atoms with E-state index in [4.69, 9.17) is 0 Å². The number of rotatable bonds is 20. The fourth-order valence-electron chi connectivity index (χ4n) is 3.39. The topological polar surface area (TPSA) is 58.9 Å². The minimum Gasteiger partial charge on any atom is -0.271 e. The normalized spacial score (nSPS) is 11.4. The van der Waals surface area contributed by atoms with Gasteiger partial charge in [-0.3, -0.25) is 9.59 Å². The molecule has 4 heteroatoms. The predicted octanol–water partition coefficient (Wildman–Crippen LogP) is 8.33. The van der Waals surface area contributed by atoms with Gasteiger partial charge < -0.3 is 0 Å². The molecule has 0 bridgehead atoms. The zero-order valence-electron chi connectivity index (χ0n) is 18.9. The molecule has 0 aromatic rings. The maximum atomic E-state index is 11.7. The Kier molecular flexibility index (Phi) is 21.4. The van der Waals surface area contributed by atoms with Gasteiger partial charge in [-0.05, 0) is 12.8 Å². The minimum atomic E-state index is -0.247. The first-order chi connectivity index (χ1) is 13.7. The number of carbonyl (C=O) groups is 2. The van der Waals surface area contributed by atoms with Crippen molar-refractivity contribution >= 4 is 11.8 Å². The first-order valence-electron chi connectivity index (χ1n) is 12.2. The van der Waals surface area contributed by atoms with E-state index >= 15 is 0 Å². The molecule has 0 aromatic carbocycles. The molecule has 0 aliphatic carbocycles. The van der Waals surface area contributed by atoms with Crippen LogP contribution in [0.4, 0.5) is 0 Å². The van der Waals surface area contributed by atoms with Crippen LogP contribution in [0.25, 0.3) is 0 Å². The summed E-state index contributed by atoms with van der Waals surface area (Å²) in [6.45, 7) is 4.47. The molecule has 0 aliphatic rings. The largest absolute Gasteiger partial charge is 0.271 e. The Morgan fingerprint density at radius 2 is 0.679 bits per heavy atom. The SMILES string of the molecule is CCCCCCCCCCCC(=O)/N=N/C(=O)CCCCCCCCCCC. The van der Waals surface area contributed by atoms with Crippen molar-refractivity contribution < 1.29 is 9.59 Å². The third kappa shape index (κ3) is 21.2. The highest BCUT2D eigenvalue weighted by atomic mass is 16.2. The van der Waals surface area contributed by atoms with Crippen LogP contribution in [0.5, 0.6) is 0 Å². The van der Waals surface area contributed by atoms with Crippen molar-refractivity contribution in [3.05, 3.63) is 0 Å². The molecule has 4 nitrogen and oxygen atoms in total. The average Bonchev–Trinajstić information content (AvgIpc) is 2.69. The fourth-order valence-corrected chi connectivity index (χ4v) is 3.39. The van der Waals surface area contributed by atoms with Crippen LogP contribution in [-0.4, -0.2) is 11.8 Å². The summed E-state index contributed by atoms with van der Waals surface area (Å²) >= 11 is 0. The Morgan fingerprint density at radius 3 is 0.964 bits per heavy atom. The van der Waals surface area contributed by atoms with Gasteiger partial charge in [-0.25, -0.2) is 0 Å². The number of unbranched alkanes of at least 4 members (excludes halogenated alkanes) is 16. The van der Waals surface area contributed by atoms with Crippen LogP contribution in [0, 0.1) is 0 Å². The Labute approximate surface area is 174 Å². The lowest BCUT2D eigenvalue weighted by Crippen LogP contribution is -1.96. The standard InChI is InChI=1S/C24H46N2O2/c1-3-5-7-9-11-13-15-17-19-21-23(27)25-26-24(28)22-20-18-16-14-12-10-8-6-4-2/h3-22H2,1-2H3/b26-25+. The summed E-state index contributed by atoms with van der Waals surface area (Å²) in [5, 5.41) is 7.17. The molecule has 28 heavy (non-hydrogen) atoms. The van der Waals surface area contributed by atoms with E-state index in [1.807, 2.05) is 0 Å². The molecule has 0 N–H and O–H groups in total. The lowest BCUT2D eigenvalue weighted by Gasteiger charge is -2.01. The predicted molar refractivity (Wildman–Crippen MR) is 119 cm³/mol. The van der Waals surface area contributed by atoms with E-state index in [0.29, 0.717) is 12.8 Å². The molecule has 0 unspecified atom stereocenters. The van der Waals surface area contributed by atoms with Gasteiger partial charge in [0.05, 0.1) is 0 Å². The van der Waals surface area contributed by atoms with E-state index in [9.17, 15) is 9.59 Å². The van der Waals surface area contributed by atoms with E-state index in [2.05, 4.69) is 24.1 Å². The van der Waals surface area contributed by atoms with Crippen LogP contribution >= 0.6 is 0 Å². The van der Waals surface area contributed by atoms with Crippen molar-refractivity contribution in [1.29, 1.82) is 0 Å². The summed E-state index contributed by atoms with van der Waals surface area (Å²) in [5.74, 6) is -0.494. The molecule has 0 atom stereocenters. The molecule has 0 aromatic heterocycles. The van der Waals surface area contributed by atoms with Gasteiger partial charge in [-0.2, -0.15) is 0 Å². The number of hydrogen-bond donors (Lipinski definition) is 0. The van der Waals surface area contributed by atoms with E-state index in [1.165, 1.54) is 89.9 Å². The van der Waals surface area contributed by atoms with E-state index in [-0.39, 0.29) is 11.8 Å². The average molecular weight is 395 g/mol. The van der Waals surface area contributed by atoms with E-state index in [0.717, 1.165) is 25.7 Å². The van der Waals surface area contributed by atoms with Gasteiger partial charge in [0, 0.05) is 12.8 Å². The van der Waals surface area contributed by atoms with Gasteiger partial charge in [0.15, 0.2) is 0 Å². The molecule has 0 saturated carbocycles. The summed E-state index contributed by atoms with van der Waals surface area (Å²) in [5.41, 5.74) is 0. The first-order valence-corrected chi connectivity index (χ1v) is 12.2. The Bertz CT molecular complexity index is 358. The maximum Gasteiger partial charge on any atom is 0.264 e. The second-order valence-corrected chi connectivity index (χ2v) is 8.14. The summed E-state index contributed by atoms with van der Waals surface area (Å²) in [6.07, 6.45) is 22.9. The Hall–Kier alpha value is -1.06. The van der Waals surface area contributed by atoms with Crippen molar-refractivity contribution in [1.82, 2.24) is 0 Å². The fraction of sp³-hybridized carbons (Fsp3) is 0.917. The van der Waals surface area contributed by atoms with Gasteiger partial charge in [-0.15, -0.1) is 10.2 Å². The molecule has 0 aliphatic heterocycles. The summed E-state index contributed by atoms with van der Waals surface area (Å²) in [7, 11) is 0. The van der Waals surface area contributed by atoms with Crippen molar-refractivity contribution in [3.8, 4) is 0 Å². The third-order valence-electron chi connectivity index (χ3n) is 5.26. The van der Waals surface area contributed by atoms with Gasteiger partial charge in [0.1, 0.15) is 0 Å². The highest BCUT2D eigenvalue weighted by Gasteiger charge is 2.03. The number of azo groups is 1. The second kappa shape index (κ2) is 22.2. The first kappa shape index (κ1) is 26.9. The minimum absolute atomic E-state index is 0.247. The number of hydrogen-bond acceptors (Lipinski definition) is 2. The maximum absolute atomic E-state index is 11.7. The van der Waals surface area contributed by atoms with Gasteiger partial charge in [0.2, 0.25) is 0 Å². The van der Waals surface area contributed by atoms with Crippen molar-refractivity contribution in [2.45, 2.75) is 142 Å². The van der Waals surface area contributed by atoms with Crippen LogP contribution in [0.1, 0.15) is 142 Å². The smallest absolute Gasteiger partial charge is 0.264 e. The molecule has 2 amide bonds. The van der Waals surface area contributed by atoms with E-state index < -0.39 is 0 Å². The highest BCUT2D eigenvalue weighted by Crippen LogP contribution is 2.12. The van der Waals surface area contributed by atoms with Gasteiger partial charge in [0.25, 0.3) is 11.8 Å². The Morgan fingerprint density at radius 1 is 0.429 bits per heavy atom. The number of amides is 2. The van der Waals surface area contributed by atoms with Crippen LogP contribution in [0.3, 0.4) is 0 Å². The summed E-state index contributed by atoms with van der Waals surface area (Å²) < 4.78 is 0. The van der Waals surface area contributed by atoms with Crippen LogP contribution < -0.4 is 0 Å². The quantitative estimate of drug-likeness (QED) is 0.154. The third-order valence-corrected chi connectivity index (χ3v) is 5.26. The van der Waals surface area contributed by atoms with Crippen molar-refractivity contribution in [2.24, 2.45) is 10.2 Å². The molecular weight excluding hydrogens is 348 g/mol. The lowest BCUT2D eigenvalue weighted by molar-refractivity contribution is -0.122. The number of carbonyl (C=O) groups excluding carboxylic acids is 2. The lowest BCUT2D eigenvalue weighted by atomic mass is 10.1. The van der Waals surface area contributed by atoms with Crippen LogP contribution in [0.2, 0.25) is 0 Å². The van der Waals surface area contributed by atoms with Crippen LogP contribution in [0.15, 0.2) is 10.2 Å². The van der Waals surface area contributed by atoms with Crippen molar-refractivity contribution in [2.75, 3.05) is 0 Å². The number of nitrogens with zero attached hydrogens (tertiary/aromatic N) is 2. The Balaban J connectivity index is 3.43. The highest BCUT2D eigenvalue weighted by molar-refractivity contribution is 5.81. The summed E-state index contributed by atoms with van der Waals surface area (Å²) in [4.78, 5) is 23.3. The monoisotopic (exact) mass is 394 g/mol. The molecule has 0 saturated heterocycles. The molecule has 0 radical (unpaired) electrons. The van der Waals surface area contributed by atoms with E-state index in [1.54, 1.807) is 0 Å². The van der Waals surface area contributed by atoms with Gasteiger partial charge in [-0.1, -0.05) is 117 Å². The molecule has 0 rings (SSSR count). The summed E-state index contributed by atoms with van der Waals surface area (Å²) in [6, 6.07) is 0. The molecular formula is C24H46N2O2. The molecule has 0 heterocycles.